The number of hydrogen-bond donors (Lipinski definition) is 2. The van der Waals surface area contributed by atoms with Crippen LogP contribution in [0.4, 0.5) is 0 Å². The fraction of sp³-hybridized carbons (Fsp3) is 0.500. The van der Waals surface area contributed by atoms with E-state index in [0.29, 0.717) is 6.04 Å². The average Bonchev–Trinajstić information content (AvgIpc) is 3.05. The van der Waals surface area contributed by atoms with Crippen molar-refractivity contribution in [2.24, 2.45) is 0 Å². The average molecular weight is 274 g/mol. The first-order valence-corrected chi connectivity index (χ1v) is 8.31. The summed E-state index contributed by atoms with van der Waals surface area (Å²) in [5, 5.41) is 5.92. The molecule has 1 heterocycles. The normalized spacial score (nSPS) is 23.2. The van der Waals surface area contributed by atoms with Gasteiger partial charge in [0.2, 0.25) is 0 Å². The minimum atomic E-state index is 0.703. The van der Waals surface area contributed by atoms with Crippen molar-refractivity contribution in [2.45, 2.75) is 44.0 Å². The standard InChI is InChI=1S/C16H22N2S/c1-2-19-15-7-6-14(10-15)18-11-13-5-3-4-12-8-9-17-16(12)13/h3-5,8-9,14-15,17-18H,2,6-7,10-11H2,1H3. The lowest BCUT2D eigenvalue weighted by atomic mass is 10.1. The molecule has 2 unspecified atom stereocenters. The molecule has 2 atom stereocenters. The summed E-state index contributed by atoms with van der Waals surface area (Å²) >= 11 is 2.12. The van der Waals surface area contributed by atoms with Gasteiger partial charge in [0.25, 0.3) is 0 Å². The Bertz CT molecular complexity index is 534. The number of para-hydroxylation sites is 1. The maximum absolute atomic E-state index is 3.73. The largest absolute Gasteiger partial charge is 0.361 e. The Hall–Kier alpha value is -0.930. The minimum Gasteiger partial charge on any atom is -0.361 e. The van der Waals surface area contributed by atoms with Crippen LogP contribution < -0.4 is 5.32 Å². The van der Waals surface area contributed by atoms with Crippen LogP contribution in [-0.2, 0) is 6.54 Å². The highest BCUT2D eigenvalue weighted by Gasteiger charge is 2.23. The van der Waals surface area contributed by atoms with Gasteiger partial charge in [-0.1, -0.05) is 25.1 Å². The minimum absolute atomic E-state index is 0.703. The number of nitrogens with one attached hydrogen (secondary N) is 2. The molecule has 0 aliphatic heterocycles. The molecule has 3 rings (SSSR count). The van der Waals surface area contributed by atoms with Crippen LogP contribution in [0.1, 0.15) is 31.7 Å². The van der Waals surface area contributed by atoms with Gasteiger partial charge in [0.05, 0.1) is 0 Å². The van der Waals surface area contributed by atoms with E-state index in [1.807, 2.05) is 6.20 Å². The second-order valence-electron chi connectivity index (χ2n) is 5.33. The molecule has 0 spiro atoms. The molecule has 19 heavy (non-hydrogen) atoms. The number of benzene rings is 1. The van der Waals surface area contributed by atoms with E-state index in [4.69, 9.17) is 0 Å². The van der Waals surface area contributed by atoms with Crippen LogP contribution in [0.15, 0.2) is 30.5 Å². The van der Waals surface area contributed by atoms with Gasteiger partial charge < -0.3 is 10.3 Å². The Morgan fingerprint density at radius 1 is 1.32 bits per heavy atom. The second-order valence-corrected chi connectivity index (χ2v) is 6.90. The Morgan fingerprint density at radius 2 is 2.26 bits per heavy atom. The summed E-state index contributed by atoms with van der Waals surface area (Å²) in [5.74, 6) is 1.25. The maximum Gasteiger partial charge on any atom is 0.0499 e. The lowest BCUT2D eigenvalue weighted by Gasteiger charge is -2.13. The fourth-order valence-electron chi connectivity index (χ4n) is 3.06. The number of fused-ring (bicyclic) bond motifs is 1. The number of hydrogen-bond acceptors (Lipinski definition) is 2. The molecular formula is C16H22N2S. The Morgan fingerprint density at radius 3 is 3.16 bits per heavy atom. The van der Waals surface area contributed by atoms with Crippen LogP contribution in [-0.4, -0.2) is 22.0 Å². The van der Waals surface area contributed by atoms with Crippen LogP contribution in [0.5, 0.6) is 0 Å². The van der Waals surface area contributed by atoms with Gasteiger partial charge in [-0.25, -0.2) is 0 Å². The van der Waals surface area contributed by atoms with Crippen molar-refractivity contribution in [3.05, 3.63) is 36.0 Å². The fourth-order valence-corrected chi connectivity index (χ4v) is 4.21. The first kappa shape index (κ1) is 13.1. The molecule has 3 heteroatoms. The van der Waals surface area contributed by atoms with Gasteiger partial charge >= 0.3 is 0 Å². The summed E-state index contributed by atoms with van der Waals surface area (Å²) in [6, 6.07) is 9.38. The van der Waals surface area contributed by atoms with Gasteiger partial charge in [0.15, 0.2) is 0 Å². The van der Waals surface area contributed by atoms with Gasteiger partial charge in [-0.05, 0) is 42.0 Å². The first-order chi connectivity index (χ1) is 9.36. The van der Waals surface area contributed by atoms with Crippen LogP contribution in [0.25, 0.3) is 10.9 Å². The zero-order chi connectivity index (χ0) is 13.1. The smallest absolute Gasteiger partial charge is 0.0499 e. The molecule has 1 aromatic heterocycles. The molecule has 1 saturated carbocycles. The Kier molecular flexibility index (Phi) is 4.14. The lowest BCUT2D eigenvalue weighted by molar-refractivity contribution is 0.526. The van der Waals surface area contributed by atoms with Gasteiger partial charge in [-0.2, -0.15) is 11.8 Å². The third kappa shape index (κ3) is 2.98. The second kappa shape index (κ2) is 6.02. The van der Waals surface area contributed by atoms with Crippen molar-refractivity contribution >= 4 is 22.7 Å². The molecule has 2 N–H and O–H groups in total. The molecule has 0 radical (unpaired) electrons. The number of H-pyrrole nitrogens is 1. The van der Waals surface area contributed by atoms with E-state index in [0.717, 1.165) is 11.8 Å². The molecule has 0 bridgehead atoms. The summed E-state index contributed by atoms with van der Waals surface area (Å²) in [6.45, 7) is 3.24. The van der Waals surface area contributed by atoms with E-state index in [-0.39, 0.29) is 0 Å². The SMILES string of the molecule is CCSC1CCC(NCc2cccc3cc[nH]c23)C1. The van der Waals surface area contributed by atoms with Crippen LogP contribution >= 0.6 is 11.8 Å². The Labute approximate surface area is 119 Å². The number of aromatic nitrogens is 1. The van der Waals surface area contributed by atoms with E-state index < -0.39 is 0 Å². The van der Waals surface area contributed by atoms with Gasteiger partial charge in [0.1, 0.15) is 0 Å². The Balaban J connectivity index is 1.59. The molecule has 2 nitrogen and oxygen atoms in total. The summed E-state index contributed by atoms with van der Waals surface area (Å²) in [6.07, 6.45) is 6.07. The van der Waals surface area contributed by atoms with E-state index in [9.17, 15) is 0 Å². The first-order valence-electron chi connectivity index (χ1n) is 7.26. The maximum atomic E-state index is 3.73. The van der Waals surface area contributed by atoms with E-state index in [1.54, 1.807) is 0 Å². The van der Waals surface area contributed by atoms with E-state index in [2.05, 4.69) is 53.3 Å². The van der Waals surface area contributed by atoms with Gasteiger partial charge in [-0.15, -0.1) is 0 Å². The zero-order valence-corrected chi connectivity index (χ0v) is 12.3. The summed E-state index contributed by atoms with van der Waals surface area (Å²) in [4.78, 5) is 3.35. The van der Waals surface area contributed by atoms with Crippen molar-refractivity contribution in [3.63, 3.8) is 0 Å². The quantitative estimate of drug-likeness (QED) is 0.864. The number of aromatic amines is 1. The van der Waals surface area contributed by atoms with Crippen LogP contribution in [0.3, 0.4) is 0 Å². The zero-order valence-electron chi connectivity index (χ0n) is 11.5. The molecule has 2 aromatic rings. The highest BCUT2D eigenvalue weighted by molar-refractivity contribution is 7.99. The molecule has 1 aliphatic carbocycles. The third-order valence-corrected chi connectivity index (χ3v) is 5.27. The predicted molar refractivity (Wildman–Crippen MR) is 84.7 cm³/mol. The predicted octanol–water partition coefficient (Wildman–Crippen LogP) is 3.93. The molecule has 1 fully saturated rings. The molecule has 0 amide bonds. The van der Waals surface area contributed by atoms with Gasteiger partial charge in [0, 0.05) is 29.6 Å². The third-order valence-electron chi connectivity index (χ3n) is 4.04. The van der Waals surface area contributed by atoms with Crippen molar-refractivity contribution in [2.75, 3.05) is 5.75 Å². The highest BCUT2D eigenvalue weighted by Crippen LogP contribution is 2.30. The summed E-state index contributed by atoms with van der Waals surface area (Å²) < 4.78 is 0. The summed E-state index contributed by atoms with van der Waals surface area (Å²) in [5.41, 5.74) is 2.67. The molecule has 1 aliphatic rings. The van der Waals surface area contributed by atoms with Crippen molar-refractivity contribution in [1.29, 1.82) is 0 Å². The van der Waals surface area contributed by atoms with Gasteiger partial charge in [-0.3, -0.25) is 0 Å². The monoisotopic (exact) mass is 274 g/mol. The topological polar surface area (TPSA) is 27.8 Å². The van der Waals surface area contributed by atoms with Crippen LogP contribution in [0, 0.1) is 0 Å². The van der Waals surface area contributed by atoms with E-state index in [1.165, 1.54) is 41.5 Å². The van der Waals surface area contributed by atoms with Crippen molar-refractivity contribution < 1.29 is 0 Å². The van der Waals surface area contributed by atoms with E-state index >= 15 is 0 Å². The molecular weight excluding hydrogens is 252 g/mol. The molecule has 102 valence electrons. The molecule has 1 aromatic carbocycles. The highest BCUT2D eigenvalue weighted by atomic mass is 32.2. The lowest BCUT2D eigenvalue weighted by Crippen LogP contribution is -2.26. The van der Waals surface area contributed by atoms with Crippen molar-refractivity contribution in [1.82, 2.24) is 10.3 Å². The number of thioether (sulfide) groups is 1. The van der Waals surface area contributed by atoms with Crippen LogP contribution in [0.2, 0.25) is 0 Å². The summed E-state index contributed by atoms with van der Waals surface area (Å²) in [7, 11) is 0. The van der Waals surface area contributed by atoms with Crippen molar-refractivity contribution in [3.8, 4) is 0 Å². The number of rotatable bonds is 5. The molecule has 0 saturated heterocycles.